The van der Waals surface area contributed by atoms with Gasteiger partial charge in [0.1, 0.15) is 0 Å². The number of rotatable bonds is 6. The molecule has 1 fully saturated rings. The third-order valence-corrected chi connectivity index (χ3v) is 5.24. The zero-order valence-electron chi connectivity index (χ0n) is 13.8. The molecule has 0 atom stereocenters. The molecule has 1 saturated carbocycles. The monoisotopic (exact) mass is 293 g/mol. The lowest BCUT2D eigenvalue weighted by Crippen LogP contribution is -2.05. The number of hydrogen-bond donors (Lipinski definition) is 0. The van der Waals surface area contributed by atoms with Crippen molar-refractivity contribution in [3.63, 3.8) is 0 Å². The molecule has 0 N–H and O–H groups in total. The maximum Gasteiger partial charge on any atom is -0.0152 e. The first-order valence-corrected chi connectivity index (χ1v) is 9.19. The number of hydrogen-bond acceptors (Lipinski definition) is 0. The molecule has 3 rings (SSSR count). The molecular weight excluding hydrogens is 264 g/mol. The van der Waals surface area contributed by atoms with E-state index in [4.69, 9.17) is 0 Å². The Bertz CT molecular complexity index is 590. The summed E-state index contributed by atoms with van der Waals surface area (Å²) in [6, 6.07) is 14.0. The molecular formula is C22H29. The molecule has 0 amide bonds. The van der Waals surface area contributed by atoms with Crippen molar-refractivity contribution in [1.29, 1.82) is 0 Å². The first kappa shape index (κ1) is 15.6. The van der Waals surface area contributed by atoms with Crippen molar-refractivity contribution in [2.24, 2.45) is 0 Å². The summed E-state index contributed by atoms with van der Waals surface area (Å²) < 4.78 is 0. The van der Waals surface area contributed by atoms with Crippen molar-refractivity contribution < 1.29 is 0 Å². The van der Waals surface area contributed by atoms with Gasteiger partial charge in [-0.3, -0.25) is 0 Å². The molecule has 1 aliphatic carbocycles. The van der Waals surface area contributed by atoms with Gasteiger partial charge in [0.05, 0.1) is 0 Å². The van der Waals surface area contributed by atoms with Gasteiger partial charge in [-0.25, -0.2) is 0 Å². The number of benzene rings is 2. The fourth-order valence-electron chi connectivity index (χ4n) is 3.96. The molecule has 1 radical (unpaired) electrons. The summed E-state index contributed by atoms with van der Waals surface area (Å²) in [6.45, 7) is 3.96. The lowest BCUT2D eigenvalue weighted by atomic mass is 9.82. The van der Waals surface area contributed by atoms with E-state index in [2.05, 4.69) is 43.3 Å². The van der Waals surface area contributed by atoms with Crippen molar-refractivity contribution in [3.8, 4) is 0 Å². The Morgan fingerprint density at radius 1 is 0.909 bits per heavy atom. The van der Waals surface area contributed by atoms with Crippen molar-refractivity contribution >= 4 is 10.8 Å². The van der Waals surface area contributed by atoms with E-state index in [0.29, 0.717) is 0 Å². The highest BCUT2D eigenvalue weighted by Crippen LogP contribution is 2.35. The van der Waals surface area contributed by atoms with E-state index in [9.17, 15) is 0 Å². The largest absolute Gasteiger partial charge is 0.0616 e. The average Bonchev–Trinajstić information content (AvgIpc) is 2.59. The molecule has 0 nitrogen and oxygen atoms in total. The molecule has 0 aromatic heterocycles. The summed E-state index contributed by atoms with van der Waals surface area (Å²) in [6.07, 6.45) is 13.2. The van der Waals surface area contributed by atoms with Crippen molar-refractivity contribution in [2.45, 2.75) is 70.1 Å². The fourth-order valence-corrected chi connectivity index (χ4v) is 3.96. The fraction of sp³-hybridized carbons (Fsp3) is 0.500. The summed E-state index contributed by atoms with van der Waals surface area (Å²) in [4.78, 5) is 0. The van der Waals surface area contributed by atoms with Gasteiger partial charge >= 0.3 is 0 Å². The Kier molecular flexibility index (Phi) is 5.53. The van der Waals surface area contributed by atoms with E-state index in [-0.39, 0.29) is 0 Å². The zero-order valence-corrected chi connectivity index (χ0v) is 13.8. The van der Waals surface area contributed by atoms with Crippen LogP contribution in [-0.4, -0.2) is 0 Å². The summed E-state index contributed by atoms with van der Waals surface area (Å²) in [7, 11) is 0. The second-order valence-electron chi connectivity index (χ2n) is 6.90. The standard InChI is InChI=1S/C22H29/c1-2-3-4-6-13-19-16-21(18-11-7-5-8-12-18)17-20-14-9-10-15-22(19)20/h9-10,14-18H,1-8,11-13H2. The maximum absolute atomic E-state index is 3.96. The highest BCUT2D eigenvalue weighted by atomic mass is 14.2. The molecule has 117 valence electrons. The van der Waals surface area contributed by atoms with Crippen LogP contribution >= 0.6 is 0 Å². The average molecular weight is 293 g/mol. The van der Waals surface area contributed by atoms with Crippen LogP contribution in [0.3, 0.4) is 0 Å². The molecule has 2 aromatic carbocycles. The Morgan fingerprint density at radius 3 is 2.55 bits per heavy atom. The van der Waals surface area contributed by atoms with E-state index < -0.39 is 0 Å². The van der Waals surface area contributed by atoms with Gasteiger partial charge in [-0.1, -0.05) is 81.8 Å². The van der Waals surface area contributed by atoms with Gasteiger partial charge < -0.3 is 0 Å². The van der Waals surface area contributed by atoms with Gasteiger partial charge in [-0.15, -0.1) is 0 Å². The SMILES string of the molecule is [CH2]CCCCCc1cc(C2CCCCC2)cc2ccccc12. The number of unbranched alkanes of at least 4 members (excludes halogenated alkanes) is 3. The third-order valence-electron chi connectivity index (χ3n) is 5.24. The van der Waals surface area contributed by atoms with E-state index in [1.807, 2.05) is 0 Å². The minimum Gasteiger partial charge on any atom is -0.0616 e. The van der Waals surface area contributed by atoms with Crippen molar-refractivity contribution in [1.82, 2.24) is 0 Å². The Hall–Kier alpha value is -1.30. The summed E-state index contributed by atoms with van der Waals surface area (Å²) >= 11 is 0. The minimum atomic E-state index is 0.803. The highest BCUT2D eigenvalue weighted by molar-refractivity contribution is 5.86. The molecule has 1 aliphatic rings. The molecule has 0 unspecified atom stereocenters. The van der Waals surface area contributed by atoms with Crippen LogP contribution in [0.5, 0.6) is 0 Å². The van der Waals surface area contributed by atoms with E-state index in [1.165, 1.54) is 68.6 Å². The molecule has 0 saturated heterocycles. The smallest absolute Gasteiger partial charge is 0.0152 e. The van der Waals surface area contributed by atoms with Gasteiger partial charge in [0.2, 0.25) is 0 Å². The minimum absolute atomic E-state index is 0.803. The van der Waals surface area contributed by atoms with Crippen LogP contribution < -0.4 is 0 Å². The maximum atomic E-state index is 3.96. The predicted molar refractivity (Wildman–Crippen MR) is 97.3 cm³/mol. The van der Waals surface area contributed by atoms with Gasteiger partial charge in [0, 0.05) is 0 Å². The molecule has 0 spiro atoms. The van der Waals surface area contributed by atoms with Crippen LogP contribution in [0.25, 0.3) is 10.8 Å². The van der Waals surface area contributed by atoms with Crippen molar-refractivity contribution in [2.75, 3.05) is 0 Å². The van der Waals surface area contributed by atoms with E-state index >= 15 is 0 Å². The summed E-state index contributed by atoms with van der Waals surface area (Å²) in [5.74, 6) is 0.803. The molecule has 0 aliphatic heterocycles. The van der Waals surface area contributed by atoms with Crippen LogP contribution in [0.2, 0.25) is 0 Å². The zero-order chi connectivity index (χ0) is 15.2. The van der Waals surface area contributed by atoms with E-state index in [1.54, 1.807) is 11.1 Å². The molecule has 0 bridgehead atoms. The normalized spacial score (nSPS) is 16.2. The van der Waals surface area contributed by atoms with Gasteiger partial charge in [-0.05, 0) is 53.5 Å². The second-order valence-corrected chi connectivity index (χ2v) is 6.90. The van der Waals surface area contributed by atoms with Crippen LogP contribution in [-0.2, 0) is 6.42 Å². The molecule has 0 heterocycles. The first-order chi connectivity index (χ1) is 10.9. The van der Waals surface area contributed by atoms with E-state index in [0.717, 1.165) is 12.3 Å². The third kappa shape index (κ3) is 3.72. The van der Waals surface area contributed by atoms with Crippen LogP contribution in [0.4, 0.5) is 0 Å². The topological polar surface area (TPSA) is 0 Å². The number of aryl methyl sites for hydroxylation is 1. The van der Waals surface area contributed by atoms with Crippen LogP contribution in [0.15, 0.2) is 36.4 Å². The quantitative estimate of drug-likeness (QED) is 0.512. The van der Waals surface area contributed by atoms with Gasteiger partial charge in [-0.2, -0.15) is 0 Å². The molecule has 2 aromatic rings. The first-order valence-electron chi connectivity index (χ1n) is 9.19. The Labute approximate surface area is 135 Å². The van der Waals surface area contributed by atoms with Gasteiger partial charge in [0.25, 0.3) is 0 Å². The molecule has 22 heavy (non-hydrogen) atoms. The predicted octanol–water partition coefficient (Wildman–Crippen LogP) is 6.82. The van der Waals surface area contributed by atoms with Crippen LogP contribution in [0.1, 0.15) is 74.8 Å². The summed E-state index contributed by atoms with van der Waals surface area (Å²) in [5.41, 5.74) is 3.17. The summed E-state index contributed by atoms with van der Waals surface area (Å²) in [5, 5.41) is 2.91. The lowest BCUT2D eigenvalue weighted by molar-refractivity contribution is 0.443. The Morgan fingerprint density at radius 2 is 1.73 bits per heavy atom. The highest BCUT2D eigenvalue weighted by Gasteiger charge is 2.17. The van der Waals surface area contributed by atoms with Crippen LogP contribution in [0, 0.1) is 6.92 Å². The number of fused-ring (bicyclic) bond motifs is 1. The van der Waals surface area contributed by atoms with Crippen molar-refractivity contribution in [3.05, 3.63) is 54.4 Å². The Balaban J connectivity index is 1.86. The lowest BCUT2D eigenvalue weighted by Gasteiger charge is -2.23. The van der Waals surface area contributed by atoms with Gasteiger partial charge in [0.15, 0.2) is 0 Å². The molecule has 0 heteroatoms. The second kappa shape index (κ2) is 7.81.